The van der Waals surface area contributed by atoms with Crippen molar-refractivity contribution in [3.05, 3.63) is 65.4 Å². The summed E-state index contributed by atoms with van der Waals surface area (Å²) in [4.78, 5) is 10.5. The van der Waals surface area contributed by atoms with Crippen LogP contribution >= 0.6 is 0 Å². The zero-order valence-electron chi connectivity index (χ0n) is 12.9. The van der Waals surface area contributed by atoms with Gasteiger partial charge in [-0.15, -0.1) is 0 Å². The first-order valence-electron chi connectivity index (χ1n) is 7.66. The molecule has 3 nitrogen and oxygen atoms in total. The van der Waals surface area contributed by atoms with Crippen LogP contribution in [0.25, 0.3) is 10.9 Å². The highest BCUT2D eigenvalue weighted by Crippen LogP contribution is 2.28. The number of para-hydroxylation sites is 1. The van der Waals surface area contributed by atoms with E-state index in [1.54, 1.807) is 0 Å². The first-order chi connectivity index (χ1) is 10.7. The summed E-state index contributed by atoms with van der Waals surface area (Å²) >= 11 is 0. The molecule has 110 valence electrons. The molecule has 3 aromatic rings. The quantitative estimate of drug-likeness (QED) is 0.767. The Bertz CT molecular complexity index is 854. The lowest BCUT2D eigenvalue weighted by atomic mass is 9.98. The van der Waals surface area contributed by atoms with Gasteiger partial charge in [0.1, 0.15) is 0 Å². The number of benzene rings is 2. The zero-order chi connectivity index (χ0) is 15.1. The van der Waals surface area contributed by atoms with Gasteiger partial charge in [-0.1, -0.05) is 30.3 Å². The van der Waals surface area contributed by atoms with Crippen LogP contribution in [0.15, 0.2) is 53.5 Å². The van der Waals surface area contributed by atoms with Gasteiger partial charge in [0, 0.05) is 42.8 Å². The molecule has 0 amide bonds. The van der Waals surface area contributed by atoms with Crippen molar-refractivity contribution in [3.63, 3.8) is 0 Å². The second-order valence-corrected chi connectivity index (χ2v) is 5.95. The number of fused-ring (bicyclic) bond motifs is 3. The lowest BCUT2D eigenvalue weighted by molar-refractivity contribution is 0.948. The molecular formula is C19H19N3. The molecule has 0 aliphatic carbocycles. The minimum Gasteiger partial charge on any atom is -0.378 e. The Morgan fingerprint density at radius 3 is 2.55 bits per heavy atom. The van der Waals surface area contributed by atoms with Crippen molar-refractivity contribution in [2.45, 2.75) is 6.42 Å². The first-order valence-corrected chi connectivity index (χ1v) is 7.66. The van der Waals surface area contributed by atoms with Gasteiger partial charge in [0.25, 0.3) is 0 Å². The number of aromatic amines is 1. The third kappa shape index (κ3) is 2.01. The minimum atomic E-state index is 0.861. The van der Waals surface area contributed by atoms with Gasteiger partial charge < -0.3 is 9.88 Å². The number of aliphatic imine (C=N–C) groups is 1. The van der Waals surface area contributed by atoms with E-state index in [0.29, 0.717) is 0 Å². The Kier molecular flexibility index (Phi) is 3.00. The number of nitrogens with one attached hydrogen (secondary N) is 1. The van der Waals surface area contributed by atoms with E-state index in [1.807, 2.05) is 0 Å². The zero-order valence-corrected chi connectivity index (χ0v) is 12.9. The standard InChI is InChI=1S/C19H19N3/c1-22(2)14-9-7-13(8-10-14)18-19-16(11-12-20-18)15-5-3-4-6-17(15)21-19/h3-10,21H,11-12H2,1-2H3. The molecule has 22 heavy (non-hydrogen) atoms. The summed E-state index contributed by atoms with van der Waals surface area (Å²) in [6.45, 7) is 0.861. The van der Waals surface area contributed by atoms with Crippen LogP contribution in [0.1, 0.15) is 16.8 Å². The molecule has 0 bridgehead atoms. The van der Waals surface area contributed by atoms with Gasteiger partial charge in [0.2, 0.25) is 0 Å². The van der Waals surface area contributed by atoms with Crippen LogP contribution in [0.3, 0.4) is 0 Å². The molecule has 1 N–H and O–H groups in total. The number of H-pyrrole nitrogens is 1. The van der Waals surface area contributed by atoms with E-state index in [4.69, 9.17) is 4.99 Å². The molecule has 1 aliphatic heterocycles. The molecule has 1 aliphatic rings. The van der Waals surface area contributed by atoms with Gasteiger partial charge in [-0.3, -0.25) is 4.99 Å². The van der Waals surface area contributed by atoms with E-state index in [2.05, 4.69) is 72.5 Å². The summed E-state index contributed by atoms with van der Waals surface area (Å²) in [6.07, 6.45) is 1.01. The van der Waals surface area contributed by atoms with Crippen LogP contribution in [0.5, 0.6) is 0 Å². The number of hydrogen-bond acceptors (Lipinski definition) is 2. The molecule has 0 unspecified atom stereocenters. The summed E-state index contributed by atoms with van der Waals surface area (Å²) in [7, 11) is 4.12. The van der Waals surface area contributed by atoms with Crippen molar-refractivity contribution in [2.24, 2.45) is 4.99 Å². The average molecular weight is 289 g/mol. The highest BCUT2D eigenvalue weighted by Gasteiger charge is 2.20. The Balaban J connectivity index is 1.82. The molecule has 2 aromatic carbocycles. The molecule has 4 rings (SSSR count). The first kappa shape index (κ1) is 13.1. The Morgan fingerprint density at radius 2 is 1.77 bits per heavy atom. The molecule has 0 spiro atoms. The predicted molar refractivity (Wildman–Crippen MR) is 93.3 cm³/mol. The maximum atomic E-state index is 4.78. The fourth-order valence-electron chi connectivity index (χ4n) is 3.17. The topological polar surface area (TPSA) is 31.4 Å². The monoisotopic (exact) mass is 289 g/mol. The van der Waals surface area contributed by atoms with Crippen molar-refractivity contribution in [1.82, 2.24) is 4.98 Å². The maximum Gasteiger partial charge on any atom is 0.0884 e. The Hall–Kier alpha value is -2.55. The fourth-order valence-corrected chi connectivity index (χ4v) is 3.17. The Morgan fingerprint density at radius 1 is 1.00 bits per heavy atom. The normalized spacial score (nSPS) is 13.8. The lowest BCUT2D eigenvalue weighted by Crippen LogP contribution is -2.14. The number of aromatic nitrogens is 1. The van der Waals surface area contributed by atoms with Crippen LogP contribution < -0.4 is 4.90 Å². The number of anilines is 1. The second kappa shape index (κ2) is 5.02. The predicted octanol–water partition coefficient (Wildman–Crippen LogP) is 3.63. The Labute approximate surface area is 130 Å². The van der Waals surface area contributed by atoms with E-state index in [9.17, 15) is 0 Å². The summed E-state index contributed by atoms with van der Waals surface area (Å²) in [5.41, 5.74) is 7.26. The van der Waals surface area contributed by atoms with Crippen molar-refractivity contribution >= 4 is 22.3 Å². The molecule has 0 radical (unpaired) electrons. The van der Waals surface area contributed by atoms with Gasteiger partial charge in [0.15, 0.2) is 0 Å². The van der Waals surface area contributed by atoms with Crippen LogP contribution in [0.4, 0.5) is 5.69 Å². The summed E-state index contributed by atoms with van der Waals surface area (Å²) in [6, 6.07) is 17.1. The summed E-state index contributed by atoms with van der Waals surface area (Å²) in [5, 5.41) is 1.33. The fraction of sp³-hybridized carbons (Fsp3) is 0.211. The number of rotatable bonds is 2. The van der Waals surface area contributed by atoms with Gasteiger partial charge in [-0.25, -0.2) is 0 Å². The lowest BCUT2D eigenvalue weighted by Gasteiger charge is -2.16. The van der Waals surface area contributed by atoms with Crippen molar-refractivity contribution in [3.8, 4) is 0 Å². The van der Waals surface area contributed by atoms with E-state index in [-0.39, 0.29) is 0 Å². The molecule has 2 heterocycles. The van der Waals surface area contributed by atoms with Gasteiger partial charge >= 0.3 is 0 Å². The number of hydrogen-bond donors (Lipinski definition) is 1. The third-order valence-electron chi connectivity index (χ3n) is 4.34. The van der Waals surface area contributed by atoms with Crippen molar-refractivity contribution in [1.29, 1.82) is 0 Å². The molecule has 3 heteroatoms. The number of nitrogens with zero attached hydrogens (tertiary/aromatic N) is 2. The van der Waals surface area contributed by atoms with Crippen LogP contribution in [0.2, 0.25) is 0 Å². The minimum absolute atomic E-state index is 0.861. The highest BCUT2D eigenvalue weighted by atomic mass is 15.1. The van der Waals surface area contributed by atoms with Gasteiger partial charge in [-0.2, -0.15) is 0 Å². The largest absolute Gasteiger partial charge is 0.378 e. The summed E-state index contributed by atoms with van der Waals surface area (Å²) in [5.74, 6) is 0. The SMILES string of the molecule is CN(C)c1ccc(C2=NCCc3c2[nH]c2ccccc32)cc1. The van der Waals surface area contributed by atoms with E-state index >= 15 is 0 Å². The maximum absolute atomic E-state index is 4.78. The average Bonchev–Trinajstić information content (AvgIpc) is 2.93. The highest BCUT2D eigenvalue weighted by molar-refractivity contribution is 6.15. The molecule has 0 saturated carbocycles. The van der Waals surface area contributed by atoms with E-state index in [0.717, 1.165) is 18.7 Å². The van der Waals surface area contributed by atoms with E-state index < -0.39 is 0 Å². The third-order valence-corrected chi connectivity index (χ3v) is 4.34. The van der Waals surface area contributed by atoms with E-state index in [1.165, 1.54) is 33.4 Å². The van der Waals surface area contributed by atoms with Gasteiger partial charge in [0.05, 0.1) is 11.4 Å². The molecule has 0 fully saturated rings. The smallest absolute Gasteiger partial charge is 0.0884 e. The van der Waals surface area contributed by atoms with Crippen molar-refractivity contribution in [2.75, 3.05) is 25.5 Å². The molecule has 1 aromatic heterocycles. The molecule has 0 atom stereocenters. The van der Waals surface area contributed by atoms with Crippen molar-refractivity contribution < 1.29 is 0 Å². The molecular weight excluding hydrogens is 270 g/mol. The van der Waals surface area contributed by atoms with Gasteiger partial charge in [-0.05, 0) is 30.2 Å². The van der Waals surface area contributed by atoms with Crippen LogP contribution in [0, 0.1) is 0 Å². The summed E-state index contributed by atoms with van der Waals surface area (Å²) < 4.78 is 0. The molecule has 0 saturated heterocycles. The second-order valence-electron chi connectivity index (χ2n) is 5.95. The van der Waals surface area contributed by atoms with Crippen LogP contribution in [-0.2, 0) is 6.42 Å². The van der Waals surface area contributed by atoms with Crippen LogP contribution in [-0.4, -0.2) is 31.3 Å².